The standard InChI is InChI=1S/C26H23NO/c1-20-10-9-11-21(2)26(20)28-25-18-16-24(17-19-25)27(22-12-5-3-6-13-22)23-14-7-4-8-15-23/h3-19H,1-2H3. The molecule has 0 aliphatic heterocycles. The van der Waals surface area contributed by atoms with E-state index in [4.69, 9.17) is 4.74 Å². The van der Waals surface area contributed by atoms with Crippen LogP contribution in [0, 0.1) is 13.8 Å². The molecular weight excluding hydrogens is 342 g/mol. The summed E-state index contributed by atoms with van der Waals surface area (Å²) in [5, 5.41) is 0. The molecule has 0 saturated carbocycles. The highest BCUT2D eigenvalue weighted by atomic mass is 16.5. The van der Waals surface area contributed by atoms with Gasteiger partial charge in [-0.25, -0.2) is 0 Å². The molecule has 0 aliphatic carbocycles. The van der Waals surface area contributed by atoms with Crippen LogP contribution in [0.1, 0.15) is 11.1 Å². The SMILES string of the molecule is Cc1cccc(C)c1Oc1ccc(N(c2ccccc2)c2ccccc2)cc1. The number of aryl methyl sites for hydroxylation is 2. The maximum Gasteiger partial charge on any atom is 0.133 e. The first-order chi connectivity index (χ1) is 13.7. The Morgan fingerprint density at radius 1 is 0.500 bits per heavy atom. The average Bonchev–Trinajstić information content (AvgIpc) is 2.74. The molecule has 0 bridgehead atoms. The van der Waals surface area contributed by atoms with E-state index >= 15 is 0 Å². The highest BCUT2D eigenvalue weighted by Gasteiger charge is 2.12. The van der Waals surface area contributed by atoms with Crippen LogP contribution in [0.3, 0.4) is 0 Å². The summed E-state index contributed by atoms with van der Waals surface area (Å²) in [6.45, 7) is 4.15. The number of nitrogens with zero attached hydrogens (tertiary/aromatic N) is 1. The Bertz CT molecular complexity index is 981. The number of anilines is 3. The highest BCUT2D eigenvalue weighted by Crippen LogP contribution is 2.36. The number of hydrogen-bond donors (Lipinski definition) is 0. The maximum atomic E-state index is 6.17. The summed E-state index contributed by atoms with van der Waals surface area (Å²) < 4.78 is 6.17. The Hall–Kier alpha value is -3.52. The van der Waals surface area contributed by atoms with E-state index in [-0.39, 0.29) is 0 Å². The summed E-state index contributed by atoms with van der Waals surface area (Å²) in [6, 6.07) is 35.2. The molecule has 0 radical (unpaired) electrons. The molecule has 0 saturated heterocycles. The lowest BCUT2D eigenvalue weighted by atomic mass is 10.1. The number of rotatable bonds is 5. The highest BCUT2D eigenvalue weighted by molar-refractivity contribution is 5.76. The number of benzene rings is 4. The predicted octanol–water partition coefficient (Wildman–Crippen LogP) is 7.57. The third kappa shape index (κ3) is 3.77. The van der Waals surface area contributed by atoms with Crippen LogP contribution in [0.15, 0.2) is 103 Å². The van der Waals surface area contributed by atoms with Gasteiger partial charge in [0.15, 0.2) is 0 Å². The van der Waals surface area contributed by atoms with Gasteiger partial charge in [0, 0.05) is 17.1 Å². The summed E-state index contributed by atoms with van der Waals surface area (Å²) in [7, 11) is 0. The molecule has 4 rings (SSSR count). The molecule has 0 aromatic heterocycles. The fourth-order valence-electron chi connectivity index (χ4n) is 3.34. The van der Waals surface area contributed by atoms with Gasteiger partial charge in [0.2, 0.25) is 0 Å². The Kier molecular flexibility index (Phi) is 5.11. The minimum Gasteiger partial charge on any atom is -0.457 e. The molecule has 4 aromatic rings. The second-order valence-corrected chi connectivity index (χ2v) is 6.82. The van der Waals surface area contributed by atoms with Crippen LogP contribution in [0.2, 0.25) is 0 Å². The largest absolute Gasteiger partial charge is 0.457 e. The molecule has 0 unspecified atom stereocenters. The third-order valence-electron chi connectivity index (χ3n) is 4.75. The summed E-state index contributed by atoms with van der Waals surface area (Å²) in [4.78, 5) is 2.24. The van der Waals surface area contributed by atoms with Crippen molar-refractivity contribution in [3.63, 3.8) is 0 Å². The maximum absolute atomic E-state index is 6.17. The lowest BCUT2D eigenvalue weighted by Crippen LogP contribution is -2.09. The Morgan fingerprint density at radius 2 is 0.964 bits per heavy atom. The van der Waals surface area contributed by atoms with Crippen LogP contribution in [0.5, 0.6) is 11.5 Å². The van der Waals surface area contributed by atoms with Crippen molar-refractivity contribution < 1.29 is 4.74 Å². The predicted molar refractivity (Wildman–Crippen MR) is 117 cm³/mol. The monoisotopic (exact) mass is 365 g/mol. The van der Waals surface area contributed by atoms with E-state index in [1.165, 1.54) is 0 Å². The Labute approximate surface area is 166 Å². The summed E-state index contributed by atoms with van der Waals surface area (Å²) in [5.41, 5.74) is 5.61. The van der Waals surface area contributed by atoms with Crippen LogP contribution in [0.25, 0.3) is 0 Å². The fraction of sp³-hybridized carbons (Fsp3) is 0.0769. The van der Waals surface area contributed by atoms with E-state index in [0.29, 0.717) is 0 Å². The molecule has 0 heterocycles. The molecule has 0 spiro atoms. The summed E-state index contributed by atoms with van der Waals surface area (Å²) in [5.74, 6) is 1.76. The van der Waals surface area contributed by atoms with Gasteiger partial charge in [-0.05, 0) is 73.5 Å². The molecule has 0 atom stereocenters. The molecule has 0 amide bonds. The van der Waals surface area contributed by atoms with E-state index in [0.717, 1.165) is 39.7 Å². The molecule has 0 fully saturated rings. The lowest BCUT2D eigenvalue weighted by molar-refractivity contribution is 0.475. The van der Waals surface area contributed by atoms with E-state index in [1.54, 1.807) is 0 Å². The zero-order valence-electron chi connectivity index (χ0n) is 16.2. The first-order valence-electron chi connectivity index (χ1n) is 9.47. The van der Waals surface area contributed by atoms with Gasteiger partial charge in [0.1, 0.15) is 11.5 Å². The van der Waals surface area contributed by atoms with Gasteiger partial charge in [-0.2, -0.15) is 0 Å². The molecule has 0 aliphatic rings. The van der Waals surface area contributed by atoms with Crippen LogP contribution < -0.4 is 9.64 Å². The quantitative estimate of drug-likeness (QED) is 0.362. The van der Waals surface area contributed by atoms with Crippen LogP contribution in [-0.2, 0) is 0 Å². The molecule has 4 aromatic carbocycles. The smallest absolute Gasteiger partial charge is 0.133 e. The van der Waals surface area contributed by atoms with E-state index in [9.17, 15) is 0 Å². The minimum absolute atomic E-state index is 0.835. The minimum atomic E-state index is 0.835. The average molecular weight is 365 g/mol. The van der Waals surface area contributed by atoms with Crippen molar-refractivity contribution >= 4 is 17.1 Å². The van der Waals surface area contributed by atoms with Gasteiger partial charge in [0.25, 0.3) is 0 Å². The van der Waals surface area contributed by atoms with Gasteiger partial charge in [0.05, 0.1) is 0 Å². The second kappa shape index (κ2) is 8.01. The summed E-state index contributed by atoms with van der Waals surface area (Å²) in [6.07, 6.45) is 0. The summed E-state index contributed by atoms with van der Waals surface area (Å²) >= 11 is 0. The van der Waals surface area contributed by atoms with Crippen molar-refractivity contribution in [1.29, 1.82) is 0 Å². The number of hydrogen-bond acceptors (Lipinski definition) is 2. The van der Waals surface area contributed by atoms with Crippen LogP contribution in [-0.4, -0.2) is 0 Å². The normalized spacial score (nSPS) is 10.5. The lowest BCUT2D eigenvalue weighted by Gasteiger charge is -2.25. The fourth-order valence-corrected chi connectivity index (χ4v) is 3.34. The molecule has 28 heavy (non-hydrogen) atoms. The topological polar surface area (TPSA) is 12.5 Å². The molecule has 0 N–H and O–H groups in total. The van der Waals surface area contributed by atoms with Gasteiger partial charge in [-0.3, -0.25) is 0 Å². The molecule has 2 nitrogen and oxygen atoms in total. The van der Waals surface area contributed by atoms with Gasteiger partial charge in [-0.15, -0.1) is 0 Å². The first kappa shape index (κ1) is 17.9. The van der Waals surface area contributed by atoms with Crippen molar-refractivity contribution in [2.45, 2.75) is 13.8 Å². The zero-order chi connectivity index (χ0) is 19.3. The van der Waals surface area contributed by atoms with Crippen molar-refractivity contribution in [2.75, 3.05) is 4.90 Å². The van der Waals surface area contributed by atoms with Crippen molar-refractivity contribution in [3.8, 4) is 11.5 Å². The van der Waals surface area contributed by atoms with Crippen LogP contribution in [0.4, 0.5) is 17.1 Å². The van der Waals surface area contributed by atoms with Gasteiger partial charge < -0.3 is 9.64 Å². The number of para-hydroxylation sites is 3. The Balaban J connectivity index is 1.67. The van der Waals surface area contributed by atoms with Crippen molar-refractivity contribution in [2.24, 2.45) is 0 Å². The van der Waals surface area contributed by atoms with Gasteiger partial charge in [-0.1, -0.05) is 54.6 Å². The molecule has 138 valence electrons. The van der Waals surface area contributed by atoms with E-state index < -0.39 is 0 Å². The van der Waals surface area contributed by atoms with Crippen molar-refractivity contribution in [1.82, 2.24) is 0 Å². The van der Waals surface area contributed by atoms with Crippen molar-refractivity contribution in [3.05, 3.63) is 114 Å². The molecular formula is C26H23NO. The molecule has 2 heteroatoms. The second-order valence-electron chi connectivity index (χ2n) is 6.82. The number of ether oxygens (including phenoxy) is 1. The third-order valence-corrected chi connectivity index (χ3v) is 4.75. The van der Waals surface area contributed by atoms with Crippen LogP contribution >= 0.6 is 0 Å². The first-order valence-corrected chi connectivity index (χ1v) is 9.47. The van der Waals surface area contributed by atoms with E-state index in [2.05, 4.69) is 97.6 Å². The zero-order valence-corrected chi connectivity index (χ0v) is 16.2. The van der Waals surface area contributed by atoms with E-state index in [1.807, 2.05) is 24.3 Å². The van der Waals surface area contributed by atoms with Gasteiger partial charge >= 0.3 is 0 Å². The Morgan fingerprint density at radius 3 is 1.46 bits per heavy atom.